The maximum Gasteiger partial charge on any atom is 0.0917 e. The van der Waals surface area contributed by atoms with Crippen molar-refractivity contribution in [1.82, 2.24) is 4.90 Å². The Kier molecular flexibility index (Phi) is 6.89. The summed E-state index contributed by atoms with van der Waals surface area (Å²) in [5.41, 5.74) is 7.38. The zero-order valence-corrected chi connectivity index (χ0v) is 12.5. The van der Waals surface area contributed by atoms with Crippen LogP contribution in [-0.4, -0.2) is 29.1 Å². The molecule has 3 nitrogen and oxygen atoms in total. The van der Waals surface area contributed by atoms with Crippen LogP contribution in [0.25, 0.3) is 0 Å². The highest BCUT2D eigenvalue weighted by Gasteiger charge is 2.17. The van der Waals surface area contributed by atoms with Crippen LogP contribution >= 0.6 is 0 Å². The van der Waals surface area contributed by atoms with Crippen LogP contribution in [0.3, 0.4) is 0 Å². The van der Waals surface area contributed by atoms with Crippen LogP contribution in [0.4, 0.5) is 5.69 Å². The van der Waals surface area contributed by atoms with E-state index in [-0.39, 0.29) is 0 Å². The Bertz CT molecular complexity index is 368. The highest BCUT2D eigenvalue weighted by Crippen LogP contribution is 2.19. The van der Waals surface area contributed by atoms with Crippen LogP contribution in [-0.2, 0) is 0 Å². The molecule has 19 heavy (non-hydrogen) atoms. The molecule has 2 unspecified atom stereocenters. The highest BCUT2D eigenvalue weighted by molar-refractivity contribution is 5.41. The van der Waals surface area contributed by atoms with Gasteiger partial charge in [-0.3, -0.25) is 4.90 Å². The number of benzene rings is 1. The normalized spacial score (nSPS) is 14.6. The van der Waals surface area contributed by atoms with Gasteiger partial charge in [-0.1, -0.05) is 32.4 Å². The van der Waals surface area contributed by atoms with Gasteiger partial charge in [0.1, 0.15) is 0 Å². The highest BCUT2D eigenvalue weighted by atomic mass is 16.3. The van der Waals surface area contributed by atoms with Crippen LogP contribution in [0, 0.1) is 0 Å². The third-order valence-corrected chi connectivity index (χ3v) is 3.72. The van der Waals surface area contributed by atoms with Crippen molar-refractivity contribution in [3.05, 3.63) is 29.8 Å². The van der Waals surface area contributed by atoms with Gasteiger partial charge in [0.15, 0.2) is 0 Å². The van der Waals surface area contributed by atoms with E-state index in [1.807, 2.05) is 24.3 Å². The Morgan fingerprint density at radius 3 is 2.63 bits per heavy atom. The van der Waals surface area contributed by atoms with Crippen molar-refractivity contribution in [3.8, 4) is 0 Å². The molecular weight excluding hydrogens is 236 g/mol. The van der Waals surface area contributed by atoms with E-state index in [0.29, 0.717) is 18.3 Å². The Morgan fingerprint density at radius 1 is 1.32 bits per heavy atom. The van der Waals surface area contributed by atoms with E-state index in [9.17, 15) is 5.11 Å². The van der Waals surface area contributed by atoms with Crippen LogP contribution in [0.2, 0.25) is 0 Å². The third kappa shape index (κ3) is 5.21. The standard InChI is InChI=1S/C16H28N2O/c1-4-6-10-18(13(3)5-2)12-16(19)14-8-7-9-15(17)11-14/h7-9,11,13,16,19H,4-6,10,12,17H2,1-3H3. The van der Waals surface area contributed by atoms with Gasteiger partial charge in [0.2, 0.25) is 0 Å². The second-order valence-electron chi connectivity index (χ2n) is 5.29. The molecule has 0 spiro atoms. The maximum absolute atomic E-state index is 10.4. The monoisotopic (exact) mass is 264 g/mol. The number of aliphatic hydroxyl groups is 1. The first-order chi connectivity index (χ1) is 9.08. The predicted molar refractivity (Wildman–Crippen MR) is 82.0 cm³/mol. The van der Waals surface area contributed by atoms with Crippen LogP contribution in [0.5, 0.6) is 0 Å². The summed E-state index contributed by atoms with van der Waals surface area (Å²) in [5.74, 6) is 0. The van der Waals surface area contributed by atoms with E-state index in [1.54, 1.807) is 0 Å². The van der Waals surface area contributed by atoms with E-state index in [1.165, 1.54) is 12.8 Å². The first-order valence-electron chi connectivity index (χ1n) is 7.36. The summed E-state index contributed by atoms with van der Waals surface area (Å²) >= 11 is 0. The van der Waals surface area contributed by atoms with Crippen LogP contribution in [0.1, 0.15) is 51.7 Å². The summed E-state index contributed by atoms with van der Waals surface area (Å²) in [6.07, 6.45) is 3.00. The number of hydrogen-bond donors (Lipinski definition) is 2. The summed E-state index contributed by atoms with van der Waals surface area (Å²) in [7, 11) is 0. The van der Waals surface area contributed by atoms with E-state index in [0.717, 1.165) is 18.5 Å². The van der Waals surface area contributed by atoms with Gasteiger partial charge in [0.25, 0.3) is 0 Å². The maximum atomic E-state index is 10.4. The molecule has 0 aromatic heterocycles. The van der Waals surface area contributed by atoms with Crippen molar-refractivity contribution in [2.45, 2.75) is 52.2 Å². The number of unbranched alkanes of at least 4 members (excludes halogenated alkanes) is 1. The van der Waals surface area contributed by atoms with Gasteiger partial charge < -0.3 is 10.8 Å². The van der Waals surface area contributed by atoms with Crippen molar-refractivity contribution >= 4 is 5.69 Å². The summed E-state index contributed by atoms with van der Waals surface area (Å²) in [4.78, 5) is 2.37. The lowest BCUT2D eigenvalue weighted by Gasteiger charge is -2.30. The number of hydrogen-bond acceptors (Lipinski definition) is 3. The average molecular weight is 264 g/mol. The van der Waals surface area contributed by atoms with E-state index < -0.39 is 6.10 Å². The zero-order valence-electron chi connectivity index (χ0n) is 12.5. The fourth-order valence-electron chi connectivity index (χ4n) is 2.20. The largest absolute Gasteiger partial charge is 0.399 e. The van der Waals surface area contributed by atoms with Gasteiger partial charge in [-0.15, -0.1) is 0 Å². The Labute approximate surface area is 117 Å². The molecule has 0 aliphatic rings. The lowest BCUT2D eigenvalue weighted by molar-refractivity contribution is 0.0887. The minimum absolute atomic E-state index is 0.464. The minimum Gasteiger partial charge on any atom is -0.399 e. The molecule has 0 fully saturated rings. The van der Waals surface area contributed by atoms with E-state index in [2.05, 4.69) is 25.7 Å². The molecule has 0 saturated heterocycles. The molecule has 0 saturated carbocycles. The van der Waals surface area contributed by atoms with Gasteiger partial charge in [-0.2, -0.15) is 0 Å². The molecule has 1 aromatic rings. The number of nitrogen functional groups attached to an aromatic ring is 1. The lowest BCUT2D eigenvalue weighted by atomic mass is 10.1. The molecule has 0 aliphatic heterocycles. The van der Waals surface area contributed by atoms with Crippen molar-refractivity contribution in [2.75, 3.05) is 18.8 Å². The minimum atomic E-state index is -0.464. The first kappa shape index (κ1) is 16.0. The fraction of sp³-hybridized carbons (Fsp3) is 0.625. The Morgan fingerprint density at radius 2 is 2.05 bits per heavy atom. The fourth-order valence-corrected chi connectivity index (χ4v) is 2.20. The SMILES string of the molecule is CCCCN(CC(O)c1cccc(N)c1)C(C)CC. The summed E-state index contributed by atoms with van der Waals surface area (Å²) < 4.78 is 0. The number of anilines is 1. The van der Waals surface area contributed by atoms with Gasteiger partial charge in [-0.05, 0) is 44.0 Å². The van der Waals surface area contributed by atoms with Gasteiger partial charge in [-0.25, -0.2) is 0 Å². The number of nitrogens with zero attached hydrogens (tertiary/aromatic N) is 1. The smallest absolute Gasteiger partial charge is 0.0917 e. The second-order valence-corrected chi connectivity index (χ2v) is 5.29. The van der Waals surface area contributed by atoms with Gasteiger partial charge in [0, 0.05) is 18.3 Å². The van der Waals surface area contributed by atoms with Crippen molar-refractivity contribution in [2.24, 2.45) is 0 Å². The van der Waals surface area contributed by atoms with E-state index in [4.69, 9.17) is 5.73 Å². The molecule has 0 amide bonds. The number of nitrogens with two attached hydrogens (primary N) is 1. The molecule has 0 aliphatic carbocycles. The van der Waals surface area contributed by atoms with E-state index >= 15 is 0 Å². The molecule has 0 bridgehead atoms. The Hall–Kier alpha value is -1.06. The van der Waals surface area contributed by atoms with Gasteiger partial charge >= 0.3 is 0 Å². The number of aliphatic hydroxyl groups excluding tert-OH is 1. The topological polar surface area (TPSA) is 49.5 Å². The molecule has 108 valence electrons. The third-order valence-electron chi connectivity index (χ3n) is 3.72. The quantitative estimate of drug-likeness (QED) is 0.709. The summed E-state index contributed by atoms with van der Waals surface area (Å²) in [6, 6.07) is 8.05. The van der Waals surface area contributed by atoms with Crippen molar-refractivity contribution in [1.29, 1.82) is 0 Å². The summed E-state index contributed by atoms with van der Waals surface area (Å²) in [6.45, 7) is 8.34. The molecule has 2 atom stereocenters. The molecule has 0 heterocycles. The second kappa shape index (κ2) is 8.18. The first-order valence-corrected chi connectivity index (χ1v) is 7.36. The molecule has 1 aromatic carbocycles. The molecular formula is C16H28N2O. The predicted octanol–water partition coefficient (Wildman–Crippen LogP) is 3.20. The molecule has 3 heteroatoms. The average Bonchev–Trinajstić information content (AvgIpc) is 2.42. The molecule has 1 rings (SSSR count). The molecule has 0 radical (unpaired) electrons. The van der Waals surface area contributed by atoms with Crippen molar-refractivity contribution < 1.29 is 5.11 Å². The van der Waals surface area contributed by atoms with Gasteiger partial charge in [0.05, 0.1) is 6.10 Å². The molecule has 3 N–H and O–H groups in total. The Balaban J connectivity index is 2.66. The zero-order chi connectivity index (χ0) is 14.3. The van der Waals surface area contributed by atoms with Crippen LogP contribution in [0.15, 0.2) is 24.3 Å². The summed E-state index contributed by atoms with van der Waals surface area (Å²) in [5, 5.41) is 10.4. The van der Waals surface area contributed by atoms with Crippen molar-refractivity contribution in [3.63, 3.8) is 0 Å². The number of rotatable bonds is 8. The van der Waals surface area contributed by atoms with Crippen LogP contribution < -0.4 is 5.73 Å². The lowest BCUT2D eigenvalue weighted by Crippen LogP contribution is -2.37.